The molecule has 0 aliphatic carbocycles. The van der Waals surface area contributed by atoms with Gasteiger partial charge in [0.25, 0.3) is 0 Å². The van der Waals surface area contributed by atoms with Gasteiger partial charge in [-0.25, -0.2) is 4.79 Å². The number of hydrogen-bond donors (Lipinski definition) is 0. The van der Waals surface area contributed by atoms with Crippen molar-refractivity contribution in [1.82, 2.24) is 4.90 Å². The van der Waals surface area contributed by atoms with Crippen LogP contribution in [0.2, 0.25) is 0 Å². The second-order valence-corrected chi connectivity index (χ2v) is 4.13. The van der Waals surface area contributed by atoms with E-state index in [0.29, 0.717) is 0 Å². The van der Waals surface area contributed by atoms with Crippen LogP contribution in [0.15, 0.2) is 0 Å². The molecule has 1 saturated heterocycles. The van der Waals surface area contributed by atoms with Crippen LogP contribution in [0.3, 0.4) is 0 Å². The van der Waals surface area contributed by atoms with Gasteiger partial charge < -0.3 is 9.64 Å². The van der Waals surface area contributed by atoms with E-state index < -0.39 is 5.60 Å². The fourth-order valence-corrected chi connectivity index (χ4v) is 1.25. The lowest BCUT2D eigenvalue weighted by Crippen LogP contribution is -2.40. The van der Waals surface area contributed by atoms with Gasteiger partial charge in [-0.05, 0) is 33.6 Å². The third-order valence-corrected chi connectivity index (χ3v) is 2.55. The van der Waals surface area contributed by atoms with Gasteiger partial charge in [0.05, 0.1) is 0 Å². The van der Waals surface area contributed by atoms with Gasteiger partial charge >= 0.3 is 6.09 Å². The average molecular weight is 199 g/mol. The molecule has 0 aromatic carbocycles. The molecule has 0 bridgehead atoms. The molecule has 4 heteroatoms. The molecular weight excluding hydrogens is 182 g/mol. The fraction of sp³-hybridized carbons (Fsp3) is 0.800. The summed E-state index contributed by atoms with van der Waals surface area (Å²) in [6.07, 6.45) is 1.67. The monoisotopic (exact) mass is 199 g/mol. The van der Waals surface area contributed by atoms with Crippen LogP contribution >= 0.6 is 0 Å². The first kappa shape index (κ1) is 11.0. The summed E-state index contributed by atoms with van der Waals surface area (Å²) in [6, 6.07) is 0. The Labute approximate surface area is 84.2 Å². The van der Waals surface area contributed by atoms with E-state index in [-0.39, 0.29) is 11.9 Å². The predicted octanol–water partition coefficient (Wildman–Crippen LogP) is 1.59. The highest BCUT2D eigenvalue weighted by molar-refractivity contribution is 5.86. The minimum Gasteiger partial charge on any atom is -0.435 e. The number of carbonyl (C=O) groups excluding carboxylic acids is 2. The van der Waals surface area contributed by atoms with E-state index in [1.807, 2.05) is 0 Å². The van der Waals surface area contributed by atoms with Gasteiger partial charge in [-0.2, -0.15) is 0 Å². The summed E-state index contributed by atoms with van der Waals surface area (Å²) in [5.41, 5.74) is -1.00. The molecule has 0 aromatic rings. The largest absolute Gasteiger partial charge is 0.435 e. The maximum absolute atomic E-state index is 11.5. The number of nitrogens with zero attached hydrogens (tertiary/aromatic N) is 1. The van der Waals surface area contributed by atoms with E-state index in [2.05, 4.69) is 0 Å². The minimum atomic E-state index is -1.00. The summed E-state index contributed by atoms with van der Waals surface area (Å²) in [4.78, 5) is 24.3. The molecule has 1 heterocycles. The lowest BCUT2D eigenvalue weighted by molar-refractivity contribution is -0.132. The highest BCUT2D eigenvalue weighted by atomic mass is 16.6. The fourth-order valence-electron chi connectivity index (χ4n) is 1.25. The summed E-state index contributed by atoms with van der Waals surface area (Å²) in [5.74, 6) is -0.134. The minimum absolute atomic E-state index is 0.134. The molecule has 1 aliphatic heterocycles. The molecule has 1 rings (SSSR count). The maximum atomic E-state index is 11.5. The lowest BCUT2D eigenvalue weighted by Gasteiger charge is -2.25. The Kier molecular flexibility index (Phi) is 3.13. The van der Waals surface area contributed by atoms with E-state index in [9.17, 15) is 9.59 Å². The van der Waals surface area contributed by atoms with Gasteiger partial charge in [-0.3, -0.25) is 4.79 Å². The van der Waals surface area contributed by atoms with E-state index >= 15 is 0 Å². The molecule has 0 unspecified atom stereocenters. The maximum Gasteiger partial charge on any atom is 0.410 e. The number of rotatable bonds is 2. The average Bonchev–Trinajstić information content (AvgIpc) is 2.54. The number of amides is 1. The van der Waals surface area contributed by atoms with Crippen LogP contribution in [0.5, 0.6) is 0 Å². The first-order valence-corrected chi connectivity index (χ1v) is 4.92. The van der Waals surface area contributed by atoms with Gasteiger partial charge in [-0.15, -0.1) is 0 Å². The van der Waals surface area contributed by atoms with E-state index in [1.165, 1.54) is 6.92 Å². The third-order valence-electron chi connectivity index (χ3n) is 2.55. The van der Waals surface area contributed by atoms with Gasteiger partial charge in [0.1, 0.15) is 0 Å². The number of hydrogen-bond acceptors (Lipinski definition) is 3. The quantitative estimate of drug-likeness (QED) is 0.678. The second kappa shape index (κ2) is 3.98. The summed E-state index contributed by atoms with van der Waals surface area (Å²) < 4.78 is 5.12. The van der Waals surface area contributed by atoms with Crippen molar-refractivity contribution in [2.24, 2.45) is 0 Å². The van der Waals surface area contributed by atoms with Crippen LogP contribution in [0, 0.1) is 0 Å². The Morgan fingerprint density at radius 3 is 2.14 bits per heavy atom. The van der Waals surface area contributed by atoms with Crippen LogP contribution in [-0.2, 0) is 9.53 Å². The molecule has 1 amide bonds. The highest BCUT2D eigenvalue weighted by Gasteiger charge is 2.31. The number of ether oxygens (including phenoxy) is 1. The number of Topliss-reactive ketones (excluding diaryl/α,β-unsaturated/α-hetero) is 1. The Bertz CT molecular complexity index is 242. The first-order chi connectivity index (χ1) is 6.43. The summed E-state index contributed by atoms with van der Waals surface area (Å²) in [7, 11) is 0. The van der Waals surface area contributed by atoms with Crippen LogP contribution in [-0.4, -0.2) is 35.5 Å². The molecule has 0 spiro atoms. The topological polar surface area (TPSA) is 46.6 Å². The normalized spacial score (nSPS) is 16.9. The van der Waals surface area contributed by atoms with Crippen molar-refractivity contribution in [3.8, 4) is 0 Å². The van der Waals surface area contributed by atoms with Gasteiger partial charge in [0, 0.05) is 13.1 Å². The first-order valence-electron chi connectivity index (χ1n) is 4.92. The molecule has 14 heavy (non-hydrogen) atoms. The Morgan fingerprint density at radius 1 is 1.21 bits per heavy atom. The standard InChI is InChI=1S/C10H17NO3/c1-8(12)10(2,3)14-9(13)11-6-4-5-7-11/h4-7H2,1-3H3. The van der Waals surface area contributed by atoms with Crippen LogP contribution in [0.1, 0.15) is 33.6 Å². The molecule has 4 nitrogen and oxygen atoms in total. The smallest absolute Gasteiger partial charge is 0.410 e. The molecule has 0 radical (unpaired) electrons. The number of likely N-dealkylation sites (tertiary alicyclic amines) is 1. The molecular formula is C10H17NO3. The van der Waals surface area contributed by atoms with E-state index in [1.54, 1.807) is 18.7 Å². The summed E-state index contributed by atoms with van der Waals surface area (Å²) in [5, 5.41) is 0. The molecule has 0 atom stereocenters. The van der Waals surface area contributed by atoms with Crippen LogP contribution in [0.25, 0.3) is 0 Å². The third kappa shape index (κ3) is 2.47. The molecule has 80 valence electrons. The molecule has 1 aliphatic rings. The van der Waals surface area contributed by atoms with Gasteiger partial charge in [-0.1, -0.05) is 0 Å². The molecule has 0 N–H and O–H groups in total. The van der Waals surface area contributed by atoms with E-state index in [4.69, 9.17) is 4.74 Å². The Morgan fingerprint density at radius 2 is 1.71 bits per heavy atom. The van der Waals surface area contributed by atoms with Crippen molar-refractivity contribution >= 4 is 11.9 Å². The van der Waals surface area contributed by atoms with Gasteiger partial charge in [0.15, 0.2) is 11.4 Å². The van der Waals surface area contributed by atoms with Crippen molar-refractivity contribution in [2.75, 3.05) is 13.1 Å². The van der Waals surface area contributed by atoms with Crippen molar-refractivity contribution < 1.29 is 14.3 Å². The molecule has 1 fully saturated rings. The van der Waals surface area contributed by atoms with Crippen LogP contribution in [0.4, 0.5) is 4.79 Å². The van der Waals surface area contributed by atoms with Crippen molar-refractivity contribution in [2.45, 2.75) is 39.2 Å². The molecule has 0 saturated carbocycles. The highest BCUT2D eigenvalue weighted by Crippen LogP contribution is 2.15. The predicted molar refractivity (Wildman–Crippen MR) is 52.0 cm³/mol. The summed E-state index contributed by atoms with van der Waals surface area (Å²) in [6.45, 7) is 6.14. The number of carbonyl (C=O) groups is 2. The zero-order valence-corrected chi connectivity index (χ0v) is 9.00. The SMILES string of the molecule is CC(=O)C(C)(C)OC(=O)N1CCCC1. The zero-order chi connectivity index (χ0) is 10.8. The van der Waals surface area contributed by atoms with Crippen molar-refractivity contribution in [1.29, 1.82) is 0 Å². The van der Waals surface area contributed by atoms with E-state index in [0.717, 1.165) is 25.9 Å². The van der Waals surface area contributed by atoms with Crippen molar-refractivity contribution in [3.05, 3.63) is 0 Å². The van der Waals surface area contributed by atoms with Crippen LogP contribution < -0.4 is 0 Å². The van der Waals surface area contributed by atoms with Gasteiger partial charge in [0.2, 0.25) is 0 Å². The lowest BCUT2D eigenvalue weighted by atomic mass is 10.1. The number of ketones is 1. The summed E-state index contributed by atoms with van der Waals surface area (Å²) >= 11 is 0. The zero-order valence-electron chi connectivity index (χ0n) is 9.00. The Balaban J connectivity index is 2.51. The van der Waals surface area contributed by atoms with Crippen molar-refractivity contribution in [3.63, 3.8) is 0 Å². The Hall–Kier alpha value is -1.06. The second-order valence-electron chi connectivity index (χ2n) is 4.13. The molecule has 0 aromatic heterocycles.